The molecule has 0 amide bonds. The molecule has 4 aliphatic rings. The molecule has 5 nitrogen and oxygen atoms in total. The number of ether oxygens (including phenoxy) is 3. The normalized spacial score (nSPS) is 43.1. The smallest absolute Gasteiger partial charge is 0.308 e. The quantitative estimate of drug-likeness (QED) is 0.529. The lowest BCUT2D eigenvalue weighted by Gasteiger charge is -2.52. The molecule has 0 saturated carbocycles. The average Bonchev–Trinajstić information content (AvgIpc) is 2.79. The van der Waals surface area contributed by atoms with Gasteiger partial charge in [-0.15, -0.1) is 0 Å². The van der Waals surface area contributed by atoms with Gasteiger partial charge in [0.25, 0.3) is 0 Å². The minimum Gasteiger partial charge on any atom is -0.435 e. The molecule has 0 aromatic rings. The maximum Gasteiger partial charge on any atom is 0.308 e. The first kappa shape index (κ1) is 19.0. The molecular weight excluding hydrogens is 344 g/mol. The number of carbonyl (C=O) groups excluding carboxylic acids is 2. The zero-order valence-electron chi connectivity index (χ0n) is 17.2. The van der Waals surface area contributed by atoms with E-state index in [0.29, 0.717) is 5.92 Å². The number of esters is 2. The van der Waals surface area contributed by atoms with Gasteiger partial charge in [0, 0.05) is 18.8 Å². The maximum absolute atomic E-state index is 12.0. The SMILES string of the molecule is CC(=O)O[C@@H]1OC2OC(=O)C[C@@H]1[C@@H]2[C@]1(C)CCC2=C(CCCC2(C)C)[C@H]1C. The van der Waals surface area contributed by atoms with Crippen molar-refractivity contribution >= 4 is 11.9 Å². The third kappa shape index (κ3) is 2.93. The molecule has 2 aliphatic heterocycles. The lowest BCUT2D eigenvalue weighted by atomic mass is 9.52. The topological polar surface area (TPSA) is 61.8 Å². The Hall–Kier alpha value is -1.36. The molecule has 0 aromatic carbocycles. The second-order valence-electron chi connectivity index (χ2n) is 9.83. The van der Waals surface area contributed by atoms with Crippen molar-refractivity contribution < 1.29 is 23.8 Å². The van der Waals surface area contributed by atoms with Crippen molar-refractivity contribution in [2.24, 2.45) is 28.6 Å². The van der Waals surface area contributed by atoms with Gasteiger partial charge in [-0.1, -0.05) is 38.8 Å². The van der Waals surface area contributed by atoms with Crippen LogP contribution in [-0.2, 0) is 23.8 Å². The van der Waals surface area contributed by atoms with Crippen LogP contribution in [0, 0.1) is 28.6 Å². The Labute approximate surface area is 161 Å². The fourth-order valence-corrected chi connectivity index (χ4v) is 6.36. The van der Waals surface area contributed by atoms with E-state index in [4.69, 9.17) is 14.2 Å². The number of hydrogen-bond acceptors (Lipinski definition) is 5. The van der Waals surface area contributed by atoms with Crippen LogP contribution in [0.1, 0.15) is 73.1 Å². The molecule has 5 heteroatoms. The minimum atomic E-state index is -0.675. The zero-order valence-corrected chi connectivity index (χ0v) is 17.2. The second kappa shape index (κ2) is 6.33. The molecule has 150 valence electrons. The Kier molecular flexibility index (Phi) is 4.45. The van der Waals surface area contributed by atoms with Gasteiger partial charge in [-0.25, -0.2) is 0 Å². The third-order valence-corrected chi connectivity index (χ3v) is 7.94. The Morgan fingerprint density at radius 1 is 1.19 bits per heavy atom. The number of carbonyl (C=O) groups is 2. The molecule has 2 bridgehead atoms. The maximum atomic E-state index is 12.0. The van der Waals surface area contributed by atoms with E-state index in [1.165, 1.54) is 26.2 Å². The lowest BCUT2D eigenvalue weighted by Crippen LogP contribution is -2.49. The van der Waals surface area contributed by atoms with Gasteiger partial charge in [0.2, 0.25) is 12.6 Å². The van der Waals surface area contributed by atoms with Crippen LogP contribution in [-0.4, -0.2) is 24.5 Å². The van der Waals surface area contributed by atoms with Crippen LogP contribution in [0.3, 0.4) is 0 Å². The van der Waals surface area contributed by atoms with E-state index in [2.05, 4.69) is 27.7 Å². The Morgan fingerprint density at radius 2 is 1.93 bits per heavy atom. The molecule has 2 heterocycles. The van der Waals surface area contributed by atoms with Gasteiger partial charge in [-0.05, 0) is 48.9 Å². The van der Waals surface area contributed by atoms with Gasteiger partial charge in [0.1, 0.15) is 0 Å². The predicted molar refractivity (Wildman–Crippen MR) is 99.3 cm³/mol. The van der Waals surface area contributed by atoms with E-state index < -0.39 is 12.6 Å². The van der Waals surface area contributed by atoms with Crippen molar-refractivity contribution in [3.8, 4) is 0 Å². The molecule has 2 fully saturated rings. The van der Waals surface area contributed by atoms with Crippen LogP contribution >= 0.6 is 0 Å². The molecule has 6 atom stereocenters. The minimum absolute atomic E-state index is 0.0306. The lowest BCUT2D eigenvalue weighted by molar-refractivity contribution is -0.214. The third-order valence-electron chi connectivity index (χ3n) is 7.94. The Balaban J connectivity index is 1.67. The van der Waals surface area contributed by atoms with E-state index >= 15 is 0 Å². The molecule has 0 aromatic heterocycles. The van der Waals surface area contributed by atoms with Crippen molar-refractivity contribution in [2.75, 3.05) is 0 Å². The molecule has 0 N–H and O–H groups in total. The summed E-state index contributed by atoms with van der Waals surface area (Å²) in [4.78, 5) is 23.6. The van der Waals surface area contributed by atoms with E-state index in [1.807, 2.05) is 0 Å². The molecule has 27 heavy (non-hydrogen) atoms. The number of rotatable bonds is 2. The van der Waals surface area contributed by atoms with Crippen molar-refractivity contribution in [1.82, 2.24) is 0 Å². The summed E-state index contributed by atoms with van der Waals surface area (Å²) < 4.78 is 16.9. The van der Waals surface area contributed by atoms with Gasteiger partial charge >= 0.3 is 11.9 Å². The standard InChI is InChI=1S/C22H32O5/c1-12-14-7-6-9-21(3,4)16(14)8-10-22(12,5)18-15-11-17(24)26-20(18)27-19(15)25-13(2)23/h12,15,18-20H,6-11H2,1-5H3/t12-,15-,18+,19-,20?,22-/m1/s1. The Bertz CT molecular complexity index is 693. The van der Waals surface area contributed by atoms with Crippen molar-refractivity contribution in [3.63, 3.8) is 0 Å². The Morgan fingerprint density at radius 3 is 2.63 bits per heavy atom. The predicted octanol–water partition coefficient (Wildman–Crippen LogP) is 4.35. The van der Waals surface area contributed by atoms with Crippen LogP contribution in [0.25, 0.3) is 0 Å². The van der Waals surface area contributed by atoms with Crippen LogP contribution < -0.4 is 0 Å². The van der Waals surface area contributed by atoms with E-state index in [9.17, 15) is 9.59 Å². The monoisotopic (exact) mass is 376 g/mol. The van der Waals surface area contributed by atoms with Crippen LogP contribution in [0.15, 0.2) is 11.1 Å². The molecular formula is C22H32O5. The van der Waals surface area contributed by atoms with Gasteiger partial charge in [0.15, 0.2) is 0 Å². The van der Waals surface area contributed by atoms with Crippen LogP contribution in [0.4, 0.5) is 0 Å². The van der Waals surface area contributed by atoms with E-state index in [1.54, 1.807) is 11.1 Å². The summed E-state index contributed by atoms with van der Waals surface area (Å²) in [6, 6.07) is 0. The van der Waals surface area contributed by atoms with E-state index in [0.717, 1.165) is 12.8 Å². The summed E-state index contributed by atoms with van der Waals surface area (Å²) in [6.07, 6.45) is 4.82. The highest BCUT2D eigenvalue weighted by molar-refractivity contribution is 5.71. The number of allylic oxidation sites excluding steroid dienone is 2. The van der Waals surface area contributed by atoms with Crippen molar-refractivity contribution in [1.29, 1.82) is 0 Å². The van der Waals surface area contributed by atoms with Gasteiger partial charge in [-0.2, -0.15) is 0 Å². The average molecular weight is 376 g/mol. The van der Waals surface area contributed by atoms with Crippen LogP contribution in [0.5, 0.6) is 0 Å². The summed E-state index contributed by atoms with van der Waals surface area (Å²) in [5.41, 5.74) is 3.52. The molecule has 0 spiro atoms. The number of hydrogen-bond donors (Lipinski definition) is 0. The summed E-state index contributed by atoms with van der Waals surface area (Å²) in [6.45, 7) is 10.8. The summed E-state index contributed by atoms with van der Waals surface area (Å²) in [7, 11) is 0. The molecule has 1 unspecified atom stereocenters. The van der Waals surface area contributed by atoms with Gasteiger partial charge in [0.05, 0.1) is 6.42 Å². The second-order valence-corrected chi connectivity index (χ2v) is 9.83. The van der Waals surface area contributed by atoms with Gasteiger partial charge < -0.3 is 14.2 Å². The number of fused-ring (bicyclic) bond motifs is 2. The summed E-state index contributed by atoms with van der Waals surface area (Å²) >= 11 is 0. The first-order valence-corrected chi connectivity index (χ1v) is 10.4. The largest absolute Gasteiger partial charge is 0.435 e. The first-order valence-electron chi connectivity index (χ1n) is 10.4. The molecule has 2 saturated heterocycles. The fourth-order valence-electron chi connectivity index (χ4n) is 6.36. The van der Waals surface area contributed by atoms with Crippen LogP contribution in [0.2, 0.25) is 0 Å². The highest BCUT2D eigenvalue weighted by Crippen LogP contribution is 2.61. The van der Waals surface area contributed by atoms with Gasteiger partial charge in [-0.3, -0.25) is 9.59 Å². The summed E-state index contributed by atoms with van der Waals surface area (Å²) in [5, 5.41) is 0. The molecule has 2 aliphatic carbocycles. The highest BCUT2D eigenvalue weighted by atomic mass is 16.8. The fraction of sp³-hybridized carbons (Fsp3) is 0.818. The molecule has 0 radical (unpaired) electrons. The molecule has 4 rings (SSSR count). The zero-order chi connectivity index (χ0) is 19.6. The van der Waals surface area contributed by atoms with E-state index in [-0.39, 0.29) is 41.0 Å². The first-order chi connectivity index (χ1) is 12.6. The summed E-state index contributed by atoms with van der Waals surface area (Å²) in [5.74, 6) is -0.270. The highest BCUT2D eigenvalue weighted by Gasteiger charge is 2.61. The van der Waals surface area contributed by atoms with Crippen molar-refractivity contribution in [2.45, 2.75) is 85.7 Å². The van der Waals surface area contributed by atoms with Crippen molar-refractivity contribution in [3.05, 3.63) is 11.1 Å².